The molecule has 0 radical (unpaired) electrons. The van der Waals surface area contributed by atoms with Crippen LogP contribution in [0.15, 0.2) is 57.9 Å². The highest BCUT2D eigenvalue weighted by Gasteiger charge is 2.12. The van der Waals surface area contributed by atoms with E-state index in [0.29, 0.717) is 6.04 Å². The van der Waals surface area contributed by atoms with Crippen molar-refractivity contribution in [3.05, 3.63) is 64.1 Å². The van der Waals surface area contributed by atoms with E-state index in [0.717, 1.165) is 18.7 Å². The Morgan fingerprint density at radius 1 is 1.05 bits per heavy atom. The van der Waals surface area contributed by atoms with E-state index in [1.165, 1.54) is 20.5 Å². The van der Waals surface area contributed by atoms with Gasteiger partial charge in [0.1, 0.15) is 0 Å². The van der Waals surface area contributed by atoms with Gasteiger partial charge in [0, 0.05) is 15.4 Å². The van der Waals surface area contributed by atoms with Gasteiger partial charge in [-0.05, 0) is 48.0 Å². The van der Waals surface area contributed by atoms with Gasteiger partial charge in [0.15, 0.2) is 0 Å². The summed E-state index contributed by atoms with van der Waals surface area (Å²) >= 11 is 5.54. The molecule has 0 bridgehead atoms. The van der Waals surface area contributed by atoms with Crippen molar-refractivity contribution in [1.82, 2.24) is 5.32 Å². The lowest BCUT2D eigenvalue weighted by molar-refractivity contribution is 0.549. The lowest BCUT2D eigenvalue weighted by Crippen LogP contribution is -2.23. The number of thioether (sulfide) groups is 1. The normalized spacial score (nSPS) is 12.3. The van der Waals surface area contributed by atoms with Gasteiger partial charge in [-0.25, -0.2) is 0 Å². The summed E-state index contributed by atoms with van der Waals surface area (Å²) < 4.78 is 1.19. The Morgan fingerprint density at radius 2 is 1.76 bits per heavy atom. The molecule has 0 aliphatic heterocycles. The molecule has 0 heterocycles. The molecule has 1 unspecified atom stereocenters. The molecule has 2 aromatic rings. The molecule has 112 valence electrons. The van der Waals surface area contributed by atoms with Crippen LogP contribution in [-0.2, 0) is 6.42 Å². The molecule has 0 aromatic heterocycles. The summed E-state index contributed by atoms with van der Waals surface area (Å²) in [5.74, 6) is 1.12. The van der Waals surface area contributed by atoms with Crippen LogP contribution in [0, 0.1) is 0 Å². The fraction of sp³-hybridized carbons (Fsp3) is 0.333. The van der Waals surface area contributed by atoms with Crippen LogP contribution in [0.5, 0.6) is 0 Å². The molecule has 0 saturated carbocycles. The van der Waals surface area contributed by atoms with Crippen molar-refractivity contribution in [1.29, 1.82) is 0 Å². The molecule has 2 rings (SSSR count). The van der Waals surface area contributed by atoms with Crippen molar-refractivity contribution in [2.75, 3.05) is 12.3 Å². The average Bonchev–Trinajstić information content (AvgIpc) is 2.50. The highest BCUT2D eigenvalue weighted by atomic mass is 79.9. The smallest absolute Gasteiger partial charge is 0.0361 e. The fourth-order valence-corrected chi connectivity index (χ4v) is 3.51. The van der Waals surface area contributed by atoms with Gasteiger partial charge in [0.2, 0.25) is 0 Å². The second kappa shape index (κ2) is 8.62. The molecule has 2 aromatic carbocycles. The van der Waals surface area contributed by atoms with Gasteiger partial charge in [-0.3, -0.25) is 0 Å². The van der Waals surface area contributed by atoms with E-state index in [1.54, 1.807) is 0 Å². The predicted octanol–water partition coefficient (Wildman–Crippen LogP) is 5.45. The average molecular weight is 364 g/mol. The first kappa shape index (κ1) is 16.6. The standard InChI is InChI=1S/C18H22BrNS/c1-3-20-18(13-15-7-5-6-8-17(15)19)14-9-11-16(12-10-14)21-4-2/h5-12,18,20H,3-4,13H2,1-2H3. The van der Waals surface area contributed by atoms with Gasteiger partial charge in [-0.2, -0.15) is 0 Å². The fourth-order valence-electron chi connectivity index (χ4n) is 2.40. The van der Waals surface area contributed by atoms with Crippen molar-refractivity contribution in [2.45, 2.75) is 31.2 Å². The Labute approximate surface area is 140 Å². The molecule has 1 N–H and O–H groups in total. The monoisotopic (exact) mass is 363 g/mol. The zero-order valence-electron chi connectivity index (χ0n) is 12.6. The van der Waals surface area contributed by atoms with Gasteiger partial charge >= 0.3 is 0 Å². The molecule has 0 saturated heterocycles. The lowest BCUT2D eigenvalue weighted by Gasteiger charge is -2.19. The minimum Gasteiger partial charge on any atom is -0.310 e. The van der Waals surface area contributed by atoms with Crippen molar-refractivity contribution >= 4 is 27.7 Å². The molecule has 1 atom stereocenters. The number of nitrogens with one attached hydrogen (secondary N) is 1. The molecule has 21 heavy (non-hydrogen) atoms. The largest absolute Gasteiger partial charge is 0.310 e. The minimum absolute atomic E-state index is 0.356. The van der Waals surface area contributed by atoms with Gasteiger partial charge in [0.05, 0.1) is 0 Å². The molecule has 0 amide bonds. The van der Waals surface area contributed by atoms with Crippen LogP contribution < -0.4 is 5.32 Å². The Kier molecular flexibility index (Phi) is 6.81. The maximum atomic E-state index is 3.65. The van der Waals surface area contributed by atoms with Crippen LogP contribution >= 0.6 is 27.7 Å². The summed E-state index contributed by atoms with van der Waals surface area (Å²) in [6, 6.07) is 17.8. The van der Waals surface area contributed by atoms with Crippen LogP contribution in [0.2, 0.25) is 0 Å². The van der Waals surface area contributed by atoms with Crippen molar-refractivity contribution in [3.8, 4) is 0 Å². The summed E-state index contributed by atoms with van der Waals surface area (Å²) in [6.45, 7) is 5.32. The maximum Gasteiger partial charge on any atom is 0.0361 e. The second-order valence-corrected chi connectivity index (χ2v) is 7.10. The van der Waals surface area contributed by atoms with Crippen molar-refractivity contribution in [2.24, 2.45) is 0 Å². The molecule has 3 heteroatoms. The van der Waals surface area contributed by atoms with E-state index in [2.05, 4.69) is 83.6 Å². The number of benzene rings is 2. The third-order valence-electron chi connectivity index (χ3n) is 3.43. The quantitative estimate of drug-likeness (QED) is 0.655. The minimum atomic E-state index is 0.356. The number of hydrogen-bond acceptors (Lipinski definition) is 2. The second-order valence-electron chi connectivity index (χ2n) is 4.91. The predicted molar refractivity (Wildman–Crippen MR) is 97.1 cm³/mol. The van der Waals surface area contributed by atoms with E-state index >= 15 is 0 Å². The third kappa shape index (κ3) is 4.87. The first-order valence-electron chi connectivity index (χ1n) is 7.44. The molecule has 0 fully saturated rings. The zero-order valence-corrected chi connectivity index (χ0v) is 15.0. The van der Waals surface area contributed by atoms with Crippen molar-refractivity contribution in [3.63, 3.8) is 0 Å². The molecule has 0 aliphatic rings. The highest BCUT2D eigenvalue weighted by Crippen LogP contribution is 2.26. The Bertz CT molecular complexity index is 553. The number of likely N-dealkylation sites (N-methyl/N-ethyl adjacent to an activating group) is 1. The molecule has 1 nitrogen and oxygen atoms in total. The van der Waals surface area contributed by atoms with E-state index < -0.39 is 0 Å². The summed E-state index contributed by atoms with van der Waals surface area (Å²) in [7, 11) is 0. The number of halogens is 1. The van der Waals surface area contributed by atoms with Gasteiger partial charge in [-0.15, -0.1) is 11.8 Å². The van der Waals surface area contributed by atoms with Crippen LogP contribution in [0.4, 0.5) is 0 Å². The molecule has 0 spiro atoms. The van der Waals surface area contributed by atoms with Gasteiger partial charge in [0.25, 0.3) is 0 Å². The highest BCUT2D eigenvalue weighted by molar-refractivity contribution is 9.10. The van der Waals surface area contributed by atoms with E-state index in [9.17, 15) is 0 Å². The topological polar surface area (TPSA) is 12.0 Å². The van der Waals surface area contributed by atoms with Gasteiger partial charge < -0.3 is 5.32 Å². The van der Waals surface area contributed by atoms with E-state index in [4.69, 9.17) is 0 Å². The van der Waals surface area contributed by atoms with Crippen LogP contribution in [-0.4, -0.2) is 12.3 Å². The lowest BCUT2D eigenvalue weighted by atomic mass is 9.99. The van der Waals surface area contributed by atoms with Crippen LogP contribution in [0.1, 0.15) is 31.0 Å². The molecular formula is C18H22BrNS. The van der Waals surface area contributed by atoms with Crippen molar-refractivity contribution < 1.29 is 0 Å². The van der Waals surface area contributed by atoms with Crippen LogP contribution in [0.25, 0.3) is 0 Å². The SMILES string of the molecule is CCNC(Cc1ccccc1Br)c1ccc(SCC)cc1. The molecule has 0 aliphatic carbocycles. The maximum absolute atomic E-state index is 3.65. The summed E-state index contributed by atoms with van der Waals surface area (Å²) in [6.07, 6.45) is 0.996. The Morgan fingerprint density at radius 3 is 2.38 bits per heavy atom. The van der Waals surface area contributed by atoms with E-state index in [-0.39, 0.29) is 0 Å². The first-order chi connectivity index (χ1) is 10.2. The van der Waals surface area contributed by atoms with E-state index in [1.807, 2.05) is 11.8 Å². The number of hydrogen-bond donors (Lipinski definition) is 1. The first-order valence-corrected chi connectivity index (χ1v) is 9.22. The number of rotatable bonds is 7. The summed E-state index contributed by atoms with van der Waals surface area (Å²) in [5.41, 5.74) is 2.70. The third-order valence-corrected chi connectivity index (χ3v) is 5.09. The zero-order chi connectivity index (χ0) is 15.1. The Balaban J connectivity index is 2.16. The molecular weight excluding hydrogens is 342 g/mol. The summed E-state index contributed by atoms with van der Waals surface area (Å²) in [5, 5.41) is 3.60. The van der Waals surface area contributed by atoms with Gasteiger partial charge in [-0.1, -0.05) is 60.1 Å². The van der Waals surface area contributed by atoms with Crippen LogP contribution in [0.3, 0.4) is 0 Å². The Hall–Kier alpha value is -0.770. The summed E-state index contributed by atoms with van der Waals surface area (Å²) in [4.78, 5) is 1.34.